The largest absolute Gasteiger partial charge is 0.493 e. The van der Waals surface area contributed by atoms with Gasteiger partial charge in [-0.1, -0.05) is 50.1 Å². The number of fused-ring (bicyclic) bond motifs is 2. The molecule has 0 radical (unpaired) electrons. The van der Waals surface area contributed by atoms with Crippen molar-refractivity contribution in [3.63, 3.8) is 0 Å². The normalized spacial score (nSPS) is 39.1. The van der Waals surface area contributed by atoms with Gasteiger partial charge in [0, 0.05) is 36.5 Å². The van der Waals surface area contributed by atoms with Crippen molar-refractivity contribution in [2.45, 2.75) is 101 Å². The van der Waals surface area contributed by atoms with Gasteiger partial charge in [-0.05, 0) is 84.8 Å². The summed E-state index contributed by atoms with van der Waals surface area (Å²) in [6.07, 6.45) is 10.8. The maximum atomic E-state index is 13.7. The number of hydrogen-bond donors (Lipinski definition) is 0. The van der Waals surface area contributed by atoms with Crippen LogP contribution in [0.15, 0.2) is 36.4 Å². The van der Waals surface area contributed by atoms with Gasteiger partial charge in [-0.15, -0.1) is 0 Å². The average Bonchev–Trinajstić information content (AvgIpc) is 3.71. The third-order valence-corrected chi connectivity index (χ3v) is 13.1. The Hall–Kier alpha value is -2.18. The van der Waals surface area contributed by atoms with Gasteiger partial charge in [0.15, 0.2) is 11.5 Å². The van der Waals surface area contributed by atoms with E-state index in [0.717, 1.165) is 55.6 Å². The third kappa shape index (κ3) is 3.46. The Morgan fingerprint density at radius 1 is 1.00 bits per heavy atom. The van der Waals surface area contributed by atoms with Crippen LogP contribution in [-0.4, -0.2) is 32.5 Å². The van der Waals surface area contributed by atoms with E-state index in [4.69, 9.17) is 18.9 Å². The second-order valence-corrected chi connectivity index (χ2v) is 15.0. The molecule has 226 valence electrons. The number of hydrogen-bond acceptors (Lipinski definition) is 4. The highest BCUT2D eigenvalue weighted by Gasteiger charge is 2.81. The van der Waals surface area contributed by atoms with Crippen LogP contribution < -0.4 is 9.47 Å². The van der Waals surface area contributed by atoms with Crippen molar-refractivity contribution in [2.24, 2.45) is 28.6 Å². The summed E-state index contributed by atoms with van der Waals surface area (Å²) in [5, 5.41) is 0. The molecule has 0 amide bonds. The zero-order valence-electron chi connectivity index (χ0n) is 25.4. The van der Waals surface area contributed by atoms with Crippen LogP contribution in [0.2, 0.25) is 0 Å². The van der Waals surface area contributed by atoms with Gasteiger partial charge in [0.1, 0.15) is 11.7 Å². The van der Waals surface area contributed by atoms with Crippen molar-refractivity contribution in [3.05, 3.63) is 58.7 Å². The lowest BCUT2D eigenvalue weighted by atomic mass is 9.29. The molecule has 0 N–H and O–H groups in total. The van der Waals surface area contributed by atoms with E-state index in [2.05, 4.69) is 19.1 Å². The summed E-state index contributed by atoms with van der Waals surface area (Å²) in [4.78, 5) is 0. The summed E-state index contributed by atoms with van der Waals surface area (Å²) < 4.78 is 53.6. The first-order valence-corrected chi connectivity index (χ1v) is 16.1. The number of methoxy groups -OCH3 is 2. The molecule has 2 aromatic carbocycles. The van der Waals surface area contributed by atoms with Gasteiger partial charge < -0.3 is 18.9 Å². The molecule has 9 rings (SSSR count). The lowest BCUT2D eigenvalue weighted by Gasteiger charge is -2.75. The summed E-state index contributed by atoms with van der Waals surface area (Å²) in [5.74, 6) is 0.670. The van der Waals surface area contributed by atoms with E-state index in [0.29, 0.717) is 24.5 Å². The predicted molar refractivity (Wildman–Crippen MR) is 156 cm³/mol. The second-order valence-electron chi connectivity index (χ2n) is 15.0. The second kappa shape index (κ2) is 8.94. The average molecular weight is 579 g/mol. The molecular weight excluding hydrogens is 534 g/mol. The Labute approximate surface area is 248 Å². The Bertz CT molecular complexity index is 1400. The molecule has 5 saturated carbocycles. The van der Waals surface area contributed by atoms with E-state index >= 15 is 0 Å². The van der Waals surface area contributed by atoms with E-state index in [1.165, 1.54) is 55.4 Å². The lowest BCUT2D eigenvalue weighted by molar-refractivity contribution is -0.294. The van der Waals surface area contributed by atoms with Crippen LogP contribution in [0.1, 0.15) is 87.5 Å². The minimum atomic E-state index is -2.84. The zero-order valence-corrected chi connectivity index (χ0v) is 25.4. The van der Waals surface area contributed by atoms with Gasteiger partial charge >= 0.3 is 0 Å². The summed E-state index contributed by atoms with van der Waals surface area (Å²) in [7, 11) is 3.62. The Morgan fingerprint density at radius 3 is 2.48 bits per heavy atom. The zero-order chi connectivity index (χ0) is 29.1. The van der Waals surface area contributed by atoms with Gasteiger partial charge in [-0.25, -0.2) is 8.78 Å². The molecule has 7 atom stereocenters. The third-order valence-electron chi connectivity index (χ3n) is 13.1. The molecule has 2 spiro atoms. The standard InChI is InChI=1S/C36H44F2O4/c1-32(18-22-5-6-22)13-15-35-29-24-9-12-27(39-3)30(29)42-31(35)36(40-4)16-14-34(35,28(32)17-24)19-26(36)21-41-20-23-7-10-25(11-8-23)33(2,37)38/h7-12,22,26,28,31H,5-6,13-21H2,1-4H3/t26-,28+,31-,32?,34-,35+,36-/m1/s1. The first kappa shape index (κ1) is 27.4. The van der Waals surface area contributed by atoms with E-state index in [1.54, 1.807) is 19.2 Å². The first-order chi connectivity index (χ1) is 20.1. The smallest absolute Gasteiger partial charge is 0.270 e. The van der Waals surface area contributed by atoms with Crippen molar-refractivity contribution < 1.29 is 27.7 Å². The van der Waals surface area contributed by atoms with Gasteiger partial charge in [-0.2, -0.15) is 0 Å². The molecule has 0 saturated heterocycles. The molecule has 4 bridgehead atoms. The highest BCUT2D eigenvalue weighted by atomic mass is 19.3. The first-order valence-electron chi connectivity index (χ1n) is 16.1. The molecular formula is C36H44F2O4. The van der Waals surface area contributed by atoms with Gasteiger partial charge in [0.25, 0.3) is 5.92 Å². The van der Waals surface area contributed by atoms with E-state index in [9.17, 15) is 8.78 Å². The molecule has 42 heavy (non-hydrogen) atoms. The monoisotopic (exact) mass is 578 g/mol. The van der Waals surface area contributed by atoms with Crippen molar-refractivity contribution in [1.29, 1.82) is 0 Å². The number of benzene rings is 2. The summed E-state index contributed by atoms with van der Waals surface area (Å²) in [6.45, 7) is 4.52. The number of alkyl halides is 2. The topological polar surface area (TPSA) is 36.9 Å². The quantitative estimate of drug-likeness (QED) is 0.302. The fourth-order valence-electron chi connectivity index (χ4n) is 11.1. The Balaban J connectivity index is 1.16. The number of halogens is 2. The van der Waals surface area contributed by atoms with E-state index in [1.807, 2.05) is 7.11 Å². The van der Waals surface area contributed by atoms with E-state index in [-0.39, 0.29) is 28.4 Å². The lowest BCUT2D eigenvalue weighted by Crippen LogP contribution is -2.79. The van der Waals surface area contributed by atoms with Crippen LogP contribution in [-0.2, 0) is 33.8 Å². The highest BCUT2D eigenvalue weighted by Crippen LogP contribution is 2.81. The van der Waals surface area contributed by atoms with E-state index < -0.39 is 11.5 Å². The van der Waals surface area contributed by atoms with Gasteiger partial charge in [-0.3, -0.25) is 0 Å². The molecule has 1 aliphatic heterocycles. The Kier molecular flexibility index (Phi) is 5.83. The van der Waals surface area contributed by atoms with Crippen LogP contribution >= 0.6 is 0 Å². The molecule has 5 fully saturated rings. The summed E-state index contributed by atoms with van der Waals surface area (Å²) >= 11 is 0. The fraction of sp³-hybridized carbons (Fsp3) is 0.667. The van der Waals surface area contributed by atoms with Crippen LogP contribution in [0, 0.1) is 28.6 Å². The molecule has 1 unspecified atom stereocenters. The molecule has 0 aromatic heterocycles. The van der Waals surface area contributed by atoms with Crippen LogP contribution in [0.5, 0.6) is 11.5 Å². The molecule has 2 aromatic rings. The molecule has 7 aliphatic rings. The number of ether oxygens (including phenoxy) is 4. The van der Waals surface area contributed by atoms with Crippen molar-refractivity contribution in [1.82, 2.24) is 0 Å². The van der Waals surface area contributed by atoms with Gasteiger partial charge in [0.2, 0.25) is 0 Å². The maximum Gasteiger partial charge on any atom is 0.270 e. The van der Waals surface area contributed by atoms with Gasteiger partial charge in [0.05, 0.1) is 20.3 Å². The molecule has 6 aliphatic carbocycles. The van der Waals surface area contributed by atoms with Crippen molar-refractivity contribution in [3.8, 4) is 11.5 Å². The molecule has 6 heteroatoms. The SMILES string of the molecule is COc1ccc2c3c1O[C@H]1[C@@]4(OC)CC[C@@]5(C[C@@H]4COCc4ccc(C(C)(F)F)cc4)[C@@H](C2)C(C)(CC2CC2)CC[C@]315. The van der Waals surface area contributed by atoms with Crippen LogP contribution in [0.25, 0.3) is 0 Å². The van der Waals surface area contributed by atoms with Crippen LogP contribution in [0.4, 0.5) is 8.78 Å². The van der Waals surface area contributed by atoms with Crippen LogP contribution in [0.3, 0.4) is 0 Å². The van der Waals surface area contributed by atoms with Crippen molar-refractivity contribution in [2.75, 3.05) is 20.8 Å². The molecule has 1 heterocycles. The van der Waals surface area contributed by atoms with Crippen molar-refractivity contribution >= 4 is 0 Å². The number of rotatable bonds is 9. The highest BCUT2D eigenvalue weighted by molar-refractivity contribution is 5.63. The predicted octanol–water partition coefficient (Wildman–Crippen LogP) is 7.98. The maximum absolute atomic E-state index is 13.7. The Morgan fingerprint density at radius 2 is 1.79 bits per heavy atom. The fourth-order valence-corrected chi connectivity index (χ4v) is 11.1. The summed E-state index contributed by atoms with van der Waals surface area (Å²) in [6, 6.07) is 11.0. The summed E-state index contributed by atoms with van der Waals surface area (Å²) in [5.41, 5.74) is 3.83. The minimum Gasteiger partial charge on any atom is -0.493 e. The minimum absolute atomic E-state index is 0.0319. The molecule has 4 nitrogen and oxygen atoms in total.